The number of aliphatic imine (C=N–C) groups is 1. The number of hydrogen-bond acceptors (Lipinski definition) is 7. The summed E-state index contributed by atoms with van der Waals surface area (Å²) in [6.07, 6.45) is 1.73. The van der Waals surface area contributed by atoms with Gasteiger partial charge in [-0.2, -0.15) is 5.26 Å². The molecular formula is C6H11ClN6S. The first kappa shape index (κ1) is 11.6. The number of nitrogens with one attached hydrogen (secondary N) is 1. The van der Waals surface area contributed by atoms with Gasteiger partial charge in [0, 0.05) is 0 Å². The molecule has 14 heavy (non-hydrogen) atoms. The molecule has 8 heteroatoms. The van der Waals surface area contributed by atoms with Crippen molar-refractivity contribution in [1.82, 2.24) is 5.32 Å². The zero-order chi connectivity index (χ0) is 11.0. The number of nitriles is 1. The highest BCUT2D eigenvalue weighted by atomic mass is 35.5. The predicted octanol–water partition coefficient (Wildman–Crippen LogP) is -1.13. The van der Waals surface area contributed by atoms with Crippen LogP contribution in [0.5, 0.6) is 0 Å². The number of amidine groups is 1. The van der Waals surface area contributed by atoms with Crippen molar-refractivity contribution in [3.8, 4) is 6.07 Å². The van der Waals surface area contributed by atoms with E-state index < -0.39 is 16.7 Å². The number of rotatable bonds is 1. The van der Waals surface area contributed by atoms with Crippen LogP contribution in [0, 0.1) is 17.2 Å². The van der Waals surface area contributed by atoms with Gasteiger partial charge in [-0.05, 0) is 17.9 Å². The molecule has 0 amide bonds. The Morgan fingerprint density at radius 2 is 2.21 bits per heavy atom. The summed E-state index contributed by atoms with van der Waals surface area (Å²) in [5, 5.41) is 11.6. The fourth-order valence-electron chi connectivity index (χ4n) is 1.21. The van der Waals surface area contributed by atoms with Gasteiger partial charge < -0.3 is 5.32 Å². The van der Waals surface area contributed by atoms with E-state index in [1.54, 1.807) is 6.26 Å². The zero-order valence-electron chi connectivity index (χ0n) is 7.49. The molecule has 1 aliphatic heterocycles. The van der Waals surface area contributed by atoms with Crippen molar-refractivity contribution < 1.29 is 0 Å². The lowest BCUT2D eigenvalue weighted by atomic mass is 9.98. The van der Waals surface area contributed by atoms with Gasteiger partial charge in [0.2, 0.25) is 0 Å². The monoisotopic (exact) mass is 234 g/mol. The molecule has 0 aromatic heterocycles. The maximum absolute atomic E-state index is 8.92. The summed E-state index contributed by atoms with van der Waals surface area (Å²) in [5.41, 5.74) is 17.1. The fraction of sp³-hybridized carbons (Fsp3) is 0.667. The van der Waals surface area contributed by atoms with Crippen LogP contribution in [0.1, 0.15) is 0 Å². The Morgan fingerprint density at radius 1 is 1.64 bits per heavy atom. The van der Waals surface area contributed by atoms with Crippen LogP contribution in [0.25, 0.3) is 0 Å². The third-order valence-corrected chi connectivity index (χ3v) is 3.14. The highest BCUT2D eigenvalue weighted by Crippen LogP contribution is 2.32. The molecule has 0 spiro atoms. The molecule has 1 aliphatic rings. The third kappa shape index (κ3) is 1.80. The van der Waals surface area contributed by atoms with Crippen molar-refractivity contribution in [3.05, 3.63) is 0 Å². The molecule has 2 atom stereocenters. The van der Waals surface area contributed by atoms with Gasteiger partial charge in [-0.25, -0.2) is 4.99 Å². The van der Waals surface area contributed by atoms with Gasteiger partial charge in [-0.3, -0.25) is 17.2 Å². The van der Waals surface area contributed by atoms with Gasteiger partial charge in [-0.1, -0.05) is 0 Å². The summed E-state index contributed by atoms with van der Waals surface area (Å²) in [7, 11) is 0. The van der Waals surface area contributed by atoms with Crippen molar-refractivity contribution in [3.63, 3.8) is 0 Å². The Kier molecular flexibility index (Phi) is 2.94. The molecule has 0 aliphatic carbocycles. The van der Waals surface area contributed by atoms with E-state index >= 15 is 0 Å². The van der Waals surface area contributed by atoms with Gasteiger partial charge in [-0.15, -0.1) is 11.8 Å². The number of halogens is 1. The first-order valence-corrected chi connectivity index (χ1v) is 5.31. The maximum atomic E-state index is 8.92. The van der Waals surface area contributed by atoms with Crippen LogP contribution in [0.4, 0.5) is 0 Å². The highest BCUT2D eigenvalue weighted by Gasteiger charge is 2.49. The molecule has 0 bridgehead atoms. The van der Waals surface area contributed by atoms with Crippen molar-refractivity contribution in [1.29, 1.82) is 5.26 Å². The van der Waals surface area contributed by atoms with Crippen molar-refractivity contribution >= 4 is 28.7 Å². The Hall–Kier alpha value is -0.520. The first-order valence-electron chi connectivity index (χ1n) is 3.70. The van der Waals surface area contributed by atoms with Crippen molar-refractivity contribution in [2.24, 2.45) is 28.1 Å². The quantitative estimate of drug-likeness (QED) is 0.336. The number of hydrogen-bond donors (Lipinski definition) is 4. The molecule has 1 heterocycles. The van der Waals surface area contributed by atoms with Crippen LogP contribution in [-0.2, 0) is 0 Å². The standard InChI is InChI=1S/C6H11ClN6S/c1-14-6(11)3(2-8)5(9,10)12-4(7)13-6/h3H,9-11H2,1H3,(H,12,13). The summed E-state index contributed by atoms with van der Waals surface area (Å²) >= 11 is 6.87. The minimum Gasteiger partial charge on any atom is -0.333 e. The molecule has 6 nitrogen and oxygen atoms in total. The zero-order valence-corrected chi connectivity index (χ0v) is 9.06. The van der Waals surface area contributed by atoms with E-state index in [0.717, 1.165) is 0 Å². The second kappa shape index (κ2) is 3.56. The van der Waals surface area contributed by atoms with E-state index in [1.807, 2.05) is 6.07 Å². The minimum atomic E-state index is -1.56. The Bertz CT molecular complexity index is 310. The van der Waals surface area contributed by atoms with Crippen LogP contribution in [0.3, 0.4) is 0 Å². The molecule has 0 aromatic rings. The van der Waals surface area contributed by atoms with Gasteiger partial charge in [0.25, 0.3) is 0 Å². The van der Waals surface area contributed by atoms with Crippen LogP contribution in [0.2, 0.25) is 0 Å². The van der Waals surface area contributed by atoms with E-state index in [1.165, 1.54) is 11.8 Å². The topological polar surface area (TPSA) is 126 Å². The largest absolute Gasteiger partial charge is 0.333 e. The van der Waals surface area contributed by atoms with Crippen LogP contribution >= 0.6 is 23.4 Å². The average molecular weight is 235 g/mol. The van der Waals surface area contributed by atoms with E-state index in [2.05, 4.69) is 10.3 Å². The smallest absolute Gasteiger partial charge is 0.196 e. The van der Waals surface area contributed by atoms with Gasteiger partial charge in [0.15, 0.2) is 16.1 Å². The molecule has 0 aromatic carbocycles. The van der Waals surface area contributed by atoms with Crippen molar-refractivity contribution in [2.75, 3.05) is 6.26 Å². The summed E-state index contributed by atoms with van der Waals surface area (Å²) in [5.74, 6) is -2.43. The summed E-state index contributed by atoms with van der Waals surface area (Å²) < 4.78 is 0. The second-order valence-corrected chi connectivity index (χ2v) is 4.42. The minimum absolute atomic E-state index is 0.0124. The van der Waals surface area contributed by atoms with Crippen LogP contribution in [0.15, 0.2) is 4.99 Å². The molecule has 0 saturated carbocycles. The SMILES string of the molecule is CSC1(N)NC(Cl)=NC(N)(N)C1C#N. The molecule has 0 fully saturated rings. The Morgan fingerprint density at radius 3 is 2.64 bits per heavy atom. The maximum Gasteiger partial charge on any atom is 0.196 e. The highest BCUT2D eigenvalue weighted by molar-refractivity contribution is 7.99. The van der Waals surface area contributed by atoms with Gasteiger partial charge >= 0.3 is 0 Å². The summed E-state index contributed by atoms with van der Waals surface area (Å²) in [4.78, 5) is 2.61. The molecular weight excluding hydrogens is 224 g/mol. The first-order chi connectivity index (χ1) is 6.35. The van der Waals surface area contributed by atoms with E-state index in [-0.39, 0.29) is 5.29 Å². The lowest BCUT2D eigenvalue weighted by molar-refractivity contribution is 0.256. The Balaban J connectivity index is 3.16. The van der Waals surface area contributed by atoms with E-state index in [0.29, 0.717) is 0 Å². The van der Waals surface area contributed by atoms with Crippen LogP contribution < -0.4 is 22.5 Å². The third-order valence-electron chi connectivity index (χ3n) is 1.95. The summed E-state index contributed by atoms with van der Waals surface area (Å²) in [6, 6.07) is 1.93. The molecule has 0 radical (unpaired) electrons. The molecule has 78 valence electrons. The van der Waals surface area contributed by atoms with Crippen molar-refractivity contribution in [2.45, 2.75) is 10.8 Å². The lowest BCUT2D eigenvalue weighted by Gasteiger charge is -2.42. The number of nitrogens with two attached hydrogens (primary N) is 3. The Labute approximate surface area is 90.8 Å². The van der Waals surface area contributed by atoms with E-state index in [9.17, 15) is 0 Å². The van der Waals surface area contributed by atoms with E-state index in [4.69, 9.17) is 34.1 Å². The number of nitrogens with zero attached hydrogens (tertiary/aromatic N) is 2. The van der Waals surface area contributed by atoms with Gasteiger partial charge in [0.05, 0.1) is 6.07 Å². The average Bonchev–Trinajstić information content (AvgIpc) is 2.01. The molecule has 0 saturated heterocycles. The fourth-order valence-corrected chi connectivity index (χ4v) is 2.24. The predicted molar refractivity (Wildman–Crippen MR) is 57.1 cm³/mol. The normalized spacial score (nSPS) is 35.4. The molecule has 7 N–H and O–H groups in total. The van der Waals surface area contributed by atoms with Crippen LogP contribution in [-0.4, -0.2) is 22.3 Å². The summed E-state index contributed by atoms with van der Waals surface area (Å²) in [6.45, 7) is 0. The second-order valence-electron chi connectivity index (χ2n) is 2.97. The molecule has 2 unspecified atom stereocenters. The van der Waals surface area contributed by atoms with Gasteiger partial charge in [0.1, 0.15) is 5.92 Å². The molecule has 1 rings (SSSR count). The lowest BCUT2D eigenvalue weighted by Crippen LogP contribution is -2.72. The number of thioether (sulfide) groups is 1.